The summed E-state index contributed by atoms with van der Waals surface area (Å²) >= 11 is 0. The minimum absolute atomic E-state index is 0.0224. The van der Waals surface area contributed by atoms with Crippen molar-refractivity contribution in [2.24, 2.45) is 0 Å². The molecule has 1 amide bonds. The number of hydrogen-bond acceptors (Lipinski definition) is 3. The minimum Gasteiger partial charge on any atom is -0.497 e. The van der Waals surface area contributed by atoms with Crippen molar-refractivity contribution in [3.63, 3.8) is 0 Å². The minimum atomic E-state index is -0.556. The van der Waals surface area contributed by atoms with Gasteiger partial charge < -0.3 is 14.7 Å². The Morgan fingerprint density at radius 3 is 2.24 bits per heavy atom. The lowest BCUT2D eigenvalue weighted by molar-refractivity contribution is -0.119. The molecule has 29 heavy (non-hydrogen) atoms. The van der Waals surface area contributed by atoms with Gasteiger partial charge in [0.1, 0.15) is 5.75 Å². The Kier molecular flexibility index (Phi) is 5.63. The first-order valence-corrected chi connectivity index (χ1v) is 9.93. The SMILES string of the molecule is COc1ccc2c(c1)N(C(=O)CC(c1ccccc1)c1ccccc1)CCC2O. The van der Waals surface area contributed by atoms with Gasteiger partial charge in [-0.25, -0.2) is 0 Å². The van der Waals surface area contributed by atoms with E-state index in [2.05, 4.69) is 24.3 Å². The van der Waals surface area contributed by atoms with E-state index in [4.69, 9.17) is 4.74 Å². The van der Waals surface area contributed by atoms with Gasteiger partial charge in [0.2, 0.25) is 5.91 Å². The van der Waals surface area contributed by atoms with Crippen molar-refractivity contribution in [3.05, 3.63) is 95.6 Å². The van der Waals surface area contributed by atoms with Crippen molar-refractivity contribution >= 4 is 11.6 Å². The van der Waals surface area contributed by atoms with Crippen LogP contribution in [0.15, 0.2) is 78.9 Å². The average Bonchev–Trinajstić information content (AvgIpc) is 2.78. The van der Waals surface area contributed by atoms with E-state index in [1.165, 1.54) is 0 Å². The highest BCUT2D eigenvalue weighted by Crippen LogP contribution is 2.38. The standard InChI is InChI=1S/C25H25NO3/c1-29-20-12-13-21-23(16-20)26(15-14-24(21)27)25(28)17-22(18-8-4-2-5-9-18)19-10-6-3-7-11-19/h2-13,16,22,24,27H,14-15,17H2,1H3. The zero-order valence-electron chi connectivity index (χ0n) is 16.5. The second-order valence-corrected chi connectivity index (χ2v) is 7.35. The molecule has 1 heterocycles. The van der Waals surface area contributed by atoms with Crippen LogP contribution in [0.25, 0.3) is 0 Å². The van der Waals surface area contributed by atoms with E-state index in [-0.39, 0.29) is 11.8 Å². The molecule has 0 fully saturated rings. The molecule has 4 rings (SSSR count). The van der Waals surface area contributed by atoms with Crippen molar-refractivity contribution in [1.82, 2.24) is 0 Å². The highest BCUT2D eigenvalue weighted by molar-refractivity contribution is 5.95. The van der Waals surface area contributed by atoms with E-state index in [1.807, 2.05) is 54.6 Å². The van der Waals surface area contributed by atoms with Crippen LogP contribution in [0, 0.1) is 0 Å². The van der Waals surface area contributed by atoms with Crippen LogP contribution in [0.1, 0.15) is 41.6 Å². The molecule has 3 aromatic carbocycles. The summed E-state index contributed by atoms with van der Waals surface area (Å²) in [7, 11) is 1.61. The van der Waals surface area contributed by atoms with E-state index >= 15 is 0 Å². The molecule has 4 heteroatoms. The van der Waals surface area contributed by atoms with Gasteiger partial charge in [-0.3, -0.25) is 4.79 Å². The van der Waals surface area contributed by atoms with Crippen LogP contribution in [0.5, 0.6) is 5.75 Å². The molecule has 0 aliphatic carbocycles. The average molecular weight is 387 g/mol. The lowest BCUT2D eigenvalue weighted by atomic mass is 9.87. The van der Waals surface area contributed by atoms with Gasteiger partial charge in [-0.1, -0.05) is 66.7 Å². The summed E-state index contributed by atoms with van der Waals surface area (Å²) in [5, 5.41) is 10.4. The van der Waals surface area contributed by atoms with E-state index in [0.717, 1.165) is 22.4 Å². The summed E-state index contributed by atoms with van der Waals surface area (Å²) in [6, 6.07) is 25.8. The zero-order chi connectivity index (χ0) is 20.2. The summed E-state index contributed by atoms with van der Waals surface area (Å²) in [5.41, 5.74) is 3.76. The van der Waals surface area contributed by atoms with Gasteiger partial charge in [-0.05, 0) is 23.6 Å². The van der Waals surface area contributed by atoms with Crippen molar-refractivity contribution < 1.29 is 14.6 Å². The summed E-state index contributed by atoms with van der Waals surface area (Å²) in [4.78, 5) is 15.2. The first-order chi connectivity index (χ1) is 14.2. The van der Waals surface area contributed by atoms with Gasteiger partial charge in [-0.2, -0.15) is 0 Å². The maximum absolute atomic E-state index is 13.4. The lowest BCUT2D eigenvalue weighted by Gasteiger charge is -2.33. The third-order valence-corrected chi connectivity index (χ3v) is 5.60. The number of aliphatic hydroxyl groups is 1. The maximum Gasteiger partial charge on any atom is 0.227 e. The number of ether oxygens (including phenoxy) is 1. The molecule has 1 unspecified atom stereocenters. The lowest BCUT2D eigenvalue weighted by Crippen LogP contribution is -2.37. The van der Waals surface area contributed by atoms with Crippen LogP contribution < -0.4 is 9.64 Å². The molecule has 1 atom stereocenters. The fraction of sp³-hybridized carbons (Fsp3) is 0.240. The number of nitrogens with zero attached hydrogens (tertiary/aromatic N) is 1. The van der Waals surface area contributed by atoms with E-state index < -0.39 is 6.10 Å². The number of anilines is 1. The van der Waals surface area contributed by atoms with Crippen molar-refractivity contribution in [2.45, 2.75) is 24.9 Å². The second-order valence-electron chi connectivity index (χ2n) is 7.35. The molecule has 3 aromatic rings. The van der Waals surface area contributed by atoms with Crippen LogP contribution in [-0.2, 0) is 4.79 Å². The number of rotatable bonds is 5. The van der Waals surface area contributed by atoms with E-state index in [0.29, 0.717) is 25.1 Å². The molecule has 0 saturated carbocycles. The van der Waals surface area contributed by atoms with Gasteiger partial charge >= 0.3 is 0 Å². The fourth-order valence-corrected chi connectivity index (χ4v) is 4.04. The predicted molar refractivity (Wildman–Crippen MR) is 114 cm³/mol. The first kappa shape index (κ1) is 19.2. The Labute approximate surface area is 171 Å². The topological polar surface area (TPSA) is 49.8 Å². The molecule has 148 valence electrons. The number of carbonyl (C=O) groups excluding carboxylic acids is 1. The molecular formula is C25H25NO3. The fourth-order valence-electron chi connectivity index (χ4n) is 4.04. The van der Waals surface area contributed by atoms with E-state index in [9.17, 15) is 9.90 Å². The molecule has 0 spiro atoms. The number of methoxy groups -OCH3 is 1. The first-order valence-electron chi connectivity index (χ1n) is 9.93. The van der Waals surface area contributed by atoms with Crippen LogP contribution in [0.3, 0.4) is 0 Å². The van der Waals surface area contributed by atoms with Gasteiger partial charge in [0.05, 0.1) is 18.9 Å². The Bertz CT molecular complexity index is 932. The number of amides is 1. The quantitative estimate of drug-likeness (QED) is 0.691. The van der Waals surface area contributed by atoms with Crippen LogP contribution in [0.4, 0.5) is 5.69 Å². The third kappa shape index (κ3) is 4.03. The Balaban J connectivity index is 1.66. The molecule has 1 N–H and O–H groups in total. The number of benzene rings is 3. The molecular weight excluding hydrogens is 362 g/mol. The van der Waals surface area contributed by atoms with Gasteiger partial charge in [0, 0.05) is 30.5 Å². The monoisotopic (exact) mass is 387 g/mol. The maximum atomic E-state index is 13.4. The smallest absolute Gasteiger partial charge is 0.227 e. The molecule has 0 saturated heterocycles. The zero-order valence-corrected chi connectivity index (χ0v) is 16.5. The molecule has 1 aliphatic heterocycles. The number of aliphatic hydroxyl groups excluding tert-OH is 1. The summed E-state index contributed by atoms with van der Waals surface area (Å²) < 4.78 is 5.34. The van der Waals surface area contributed by atoms with Crippen molar-refractivity contribution in [1.29, 1.82) is 0 Å². The van der Waals surface area contributed by atoms with Gasteiger partial charge in [0.15, 0.2) is 0 Å². The normalized spacial score (nSPS) is 15.8. The van der Waals surface area contributed by atoms with E-state index in [1.54, 1.807) is 12.0 Å². The van der Waals surface area contributed by atoms with Crippen molar-refractivity contribution in [3.8, 4) is 5.75 Å². The number of carbonyl (C=O) groups is 1. The number of hydrogen-bond donors (Lipinski definition) is 1. The Morgan fingerprint density at radius 1 is 1.03 bits per heavy atom. The van der Waals surface area contributed by atoms with Gasteiger partial charge in [0.25, 0.3) is 0 Å². The van der Waals surface area contributed by atoms with Crippen LogP contribution >= 0.6 is 0 Å². The molecule has 4 nitrogen and oxygen atoms in total. The van der Waals surface area contributed by atoms with Crippen LogP contribution in [0.2, 0.25) is 0 Å². The van der Waals surface area contributed by atoms with Crippen molar-refractivity contribution in [2.75, 3.05) is 18.6 Å². The van der Waals surface area contributed by atoms with Crippen LogP contribution in [-0.4, -0.2) is 24.7 Å². The third-order valence-electron chi connectivity index (χ3n) is 5.60. The Morgan fingerprint density at radius 2 is 1.66 bits per heavy atom. The Hall–Kier alpha value is -3.11. The molecule has 0 bridgehead atoms. The molecule has 0 aromatic heterocycles. The highest BCUT2D eigenvalue weighted by Gasteiger charge is 2.30. The molecule has 1 aliphatic rings. The second kappa shape index (κ2) is 8.50. The molecule has 0 radical (unpaired) electrons. The summed E-state index contributed by atoms with van der Waals surface area (Å²) in [6.45, 7) is 0.496. The number of fused-ring (bicyclic) bond motifs is 1. The van der Waals surface area contributed by atoms with Gasteiger partial charge in [-0.15, -0.1) is 0 Å². The summed E-state index contributed by atoms with van der Waals surface area (Å²) in [6.07, 6.45) is 0.340. The largest absolute Gasteiger partial charge is 0.497 e. The highest BCUT2D eigenvalue weighted by atomic mass is 16.5. The summed E-state index contributed by atoms with van der Waals surface area (Å²) in [5.74, 6) is 0.702. The predicted octanol–water partition coefficient (Wildman–Crippen LogP) is 4.69.